The van der Waals surface area contributed by atoms with E-state index in [1.165, 1.54) is 31.4 Å². The second-order valence-electron chi connectivity index (χ2n) is 8.03. The number of thioether (sulfide) groups is 1. The minimum Gasteiger partial charge on any atom is -0.618 e. The van der Waals surface area contributed by atoms with Crippen LogP contribution in [0.4, 0.5) is 5.69 Å². The molecule has 4 rings (SSSR count). The first-order chi connectivity index (χ1) is 11.5. The second-order valence-corrected chi connectivity index (χ2v) is 14.4. The van der Waals surface area contributed by atoms with Crippen molar-refractivity contribution in [2.75, 3.05) is 19.3 Å². The van der Waals surface area contributed by atoms with Crippen molar-refractivity contribution in [3.8, 4) is 0 Å². The highest BCUT2D eigenvalue weighted by atomic mass is 32.2. The summed E-state index contributed by atoms with van der Waals surface area (Å²) < 4.78 is 3.25. The maximum absolute atomic E-state index is 11.0. The van der Waals surface area contributed by atoms with E-state index >= 15 is 0 Å². The molecule has 1 aromatic carbocycles. The van der Waals surface area contributed by atoms with Gasteiger partial charge < -0.3 is 9.77 Å². The zero-order valence-electron chi connectivity index (χ0n) is 15.8. The van der Waals surface area contributed by atoms with Crippen LogP contribution in [-0.2, 0) is 0 Å². The standard InChI is InChI=1S/C10H23NSSi.C7H4N2O3/c1-10(2,3)13(5,6)11-7-9(8-11)12-4;10-8-4-5-1-2-6(8)7(3-5)9(11)12/h9H,7-8H2,1-6H3;1-4H. The summed E-state index contributed by atoms with van der Waals surface area (Å²) in [4.78, 5) is 9.82. The largest absolute Gasteiger partial charge is 0.618 e. The van der Waals surface area contributed by atoms with E-state index in [0.29, 0.717) is 15.2 Å². The molecule has 1 saturated heterocycles. The highest BCUT2D eigenvalue weighted by Crippen LogP contribution is 2.41. The maximum atomic E-state index is 11.0. The summed E-state index contributed by atoms with van der Waals surface area (Å²) in [6.07, 6.45) is 3.54. The number of benzene rings is 1. The average molecular weight is 382 g/mol. The highest BCUT2D eigenvalue weighted by Gasteiger charge is 2.45. The Morgan fingerprint density at radius 3 is 2.28 bits per heavy atom. The van der Waals surface area contributed by atoms with Gasteiger partial charge in [0.2, 0.25) is 0 Å². The topological polar surface area (TPSA) is 73.3 Å². The van der Waals surface area contributed by atoms with Gasteiger partial charge in [-0.15, -0.1) is 0 Å². The third-order valence-electron chi connectivity index (χ3n) is 5.51. The summed E-state index contributed by atoms with van der Waals surface area (Å²) in [7, 11) is -1.16. The minimum absolute atomic E-state index is 0.0926. The molecule has 0 atom stereocenters. The van der Waals surface area contributed by atoms with E-state index in [9.17, 15) is 15.3 Å². The van der Waals surface area contributed by atoms with Crippen LogP contribution in [0.2, 0.25) is 18.1 Å². The Balaban J connectivity index is 0.000000181. The molecule has 0 spiro atoms. The van der Waals surface area contributed by atoms with Crippen molar-refractivity contribution < 1.29 is 9.65 Å². The number of nitro benzene ring substituents is 1. The van der Waals surface area contributed by atoms with Gasteiger partial charge in [-0.2, -0.15) is 16.5 Å². The lowest BCUT2D eigenvalue weighted by Gasteiger charge is -2.53. The van der Waals surface area contributed by atoms with Crippen molar-refractivity contribution in [3.63, 3.8) is 0 Å². The predicted molar refractivity (Wildman–Crippen MR) is 107 cm³/mol. The molecule has 0 amide bonds. The SMILES string of the molecule is CSC1CN([Si](C)(C)C(C)(C)C)C1.O=[N+]([O-])c1cc2ccc1[n+]([O-])c2. The van der Waals surface area contributed by atoms with Crippen molar-refractivity contribution in [1.82, 2.24) is 4.57 Å². The molecule has 1 aliphatic rings. The van der Waals surface area contributed by atoms with E-state index in [0.717, 1.165) is 5.25 Å². The smallest absolute Gasteiger partial charge is 0.342 e. The summed E-state index contributed by atoms with van der Waals surface area (Å²) in [6, 6.07) is 4.49. The van der Waals surface area contributed by atoms with Gasteiger partial charge in [0.1, 0.15) is 8.24 Å². The monoisotopic (exact) mass is 381 g/mol. The van der Waals surface area contributed by atoms with Gasteiger partial charge in [0.05, 0.1) is 4.92 Å². The third kappa shape index (κ3) is 4.07. The van der Waals surface area contributed by atoms with Crippen LogP contribution in [0.1, 0.15) is 20.8 Å². The third-order valence-corrected chi connectivity index (χ3v) is 12.1. The molecule has 0 aliphatic carbocycles. The second kappa shape index (κ2) is 7.09. The molecule has 25 heavy (non-hydrogen) atoms. The first-order valence-electron chi connectivity index (χ1n) is 8.35. The van der Waals surface area contributed by atoms with Gasteiger partial charge >= 0.3 is 5.69 Å². The predicted octanol–water partition coefficient (Wildman–Crippen LogP) is 3.86. The van der Waals surface area contributed by atoms with Crippen molar-refractivity contribution >= 4 is 36.6 Å². The van der Waals surface area contributed by atoms with Crippen molar-refractivity contribution in [2.45, 2.75) is 44.2 Å². The van der Waals surface area contributed by atoms with Crippen molar-refractivity contribution in [3.05, 3.63) is 39.7 Å². The fraction of sp³-hybridized carbons (Fsp3) is 0.588. The van der Waals surface area contributed by atoms with Crippen molar-refractivity contribution in [2.24, 2.45) is 0 Å². The van der Waals surface area contributed by atoms with E-state index < -0.39 is 13.2 Å². The van der Waals surface area contributed by atoms with Crippen LogP contribution in [-0.4, -0.2) is 42.3 Å². The van der Waals surface area contributed by atoms with Gasteiger partial charge in [0.15, 0.2) is 6.20 Å². The maximum Gasteiger partial charge on any atom is 0.342 e. The van der Waals surface area contributed by atoms with Crippen LogP contribution in [0, 0.1) is 15.3 Å². The summed E-state index contributed by atoms with van der Waals surface area (Å²) in [5.41, 5.74) is -0.0417. The molecule has 0 unspecified atom stereocenters. The molecule has 0 saturated carbocycles. The molecule has 0 radical (unpaired) electrons. The highest BCUT2D eigenvalue weighted by molar-refractivity contribution is 7.99. The van der Waals surface area contributed by atoms with E-state index in [1.807, 2.05) is 11.8 Å². The Hall–Kier alpha value is -1.38. The normalized spacial score (nSPS) is 16.4. The van der Waals surface area contributed by atoms with E-state index in [2.05, 4.69) is 44.7 Å². The first kappa shape index (κ1) is 19.9. The molecule has 1 fully saturated rings. The molecule has 2 bridgehead atoms. The average Bonchev–Trinajstić information content (AvgIpc) is 2.45. The Kier molecular flexibility index (Phi) is 5.65. The van der Waals surface area contributed by atoms with Gasteiger partial charge in [-0.05, 0) is 17.4 Å². The summed E-state index contributed by atoms with van der Waals surface area (Å²) in [5.74, 6) is 0. The molecular formula is C17H27N3O3SSi. The zero-order valence-corrected chi connectivity index (χ0v) is 17.6. The van der Waals surface area contributed by atoms with Crippen LogP contribution in [0.5, 0.6) is 0 Å². The molecule has 1 aliphatic heterocycles. The number of nitrogens with zero attached hydrogens (tertiary/aromatic N) is 3. The number of non-ortho nitro benzene ring substituents is 1. The zero-order chi connectivity index (χ0) is 19.0. The molecule has 3 aromatic rings. The summed E-state index contributed by atoms with van der Waals surface area (Å²) in [5, 5.41) is 23.3. The molecule has 138 valence electrons. The first-order valence-corrected chi connectivity index (χ1v) is 12.6. The molecule has 8 heteroatoms. The van der Waals surface area contributed by atoms with Crippen molar-refractivity contribution in [1.29, 1.82) is 0 Å². The lowest BCUT2D eigenvalue weighted by molar-refractivity contribution is -0.580. The van der Waals surface area contributed by atoms with Gasteiger partial charge in [-0.3, -0.25) is 10.1 Å². The Bertz CT molecular complexity index is 742. The van der Waals surface area contributed by atoms with Gasteiger partial charge in [0, 0.05) is 35.9 Å². The number of nitro groups is 1. The molecule has 0 N–H and O–H groups in total. The number of fused-ring (bicyclic) bond motifs is 3. The Morgan fingerprint density at radius 1 is 1.32 bits per heavy atom. The number of aromatic nitrogens is 1. The molecule has 3 heterocycles. The van der Waals surface area contributed by atoms with Gasteiger partial charge in [-0.25, -0.2) is 0 Å². The summed E-state index contributed by atoms with van der Waals surface area (Å²) >= 11 is 2.02. The molecule has 6 nitrogen and oxygen atoms in total. The summed E-state index contributed by atoms with van der Waals surface area (Å²) in [6.45, 7) is 14.9. The minimum atomic E-state index is -1.16. The Morgan fingerprint density at radius 2 is 1.92 bits per heavy atom. The fourth-order valence-corrected chi connectivity index (χ4v) is 5.90. The van der Waals surface area contributed by atoms with Crippen LogP contribution < -0.4 is 4.73 Å². The van der Waals surface area contributed by atoms with Crippen LogP contribution >= 0.6 is 11.8 Å². The lowest BCUT2D eigenvalue weighted by atomic mass is 10.2. The number of pyridine rings is 2. The Labute approximate surface area is 154 Å². The van der Waals surface area contributed by atoms with Crippen LogP contribution in [0.25, 0.3) is 10.9 Å². The van der Waals surface area contributed by atoms with Crippen LogP contribution in [0.15, 0.2) is 24.4 Å². The van der Waals surface area contributed by atoms with Crippen LogP contribution in [0.3, 0.4) is 0 Å². The van der Waals surface area contributed by atoms with E-state index in [-0.39, 0.29) is 11.2 Å². The quantitative estimate of drug-likeness (QED) is 0.265. The van der Waals surface area contributed by atoms with Gasteiger partial charge in [0.25, 0.3) is 5.52 Å². The fourth-order valence-electron chi connectivity index (χ4n) is 2.68. The number of rotatable bonds is 3. The van der Waals surface area contributed by atoms with Gasteiger partial charge in [-0.1, -0.05) is 33.9 Å². The lowest BCUT2D eigenvalue weighted by Crippen LogP contribution is -2.65. The number of hydrogen-bond acceptors (Lipinski definition) is 5. The molecule has 2 aromatic heterocycles. The van der Waals surface area contributed by atoms with E-state index in [1.54, 1.807) is 6.07 Å². The van der Waals surface area contributed by atoms with E-state index in [4.69, 9.17) is 0 Å². The molecular weight excluding hydrogens is 354 g/mol. The number of hydrogen-bond donors (Lipinski definition) is 0.